The summed E-state index contributed by atoms with van der Waals surface area (Å²) in [5, 5.41) is 16.0. The fraction of sp³-hybridized carbons (Fsp3) is 0.667. The molecule has 1 fully saturated rings. The van der Waals surface area contributed by atoms with Crippen LogP contribution in [-0.2, 0) is 11.3 Å². The first kappa shape index (κ1) is 14.5. The molecule has 1 aromatic heterocycles. The highest BCUT2D eigenvalue weighted by Gasteiger charge is 2.15. The number of hydrogen-bond acceptors (Lipinski definition) is 5. The molecule has 1 atom stereocenters. The van der Waals surface area contributed by atoms with Gasteiger partial charge in [-0.15, -0.1) is 0 Å². The van der Waals surface area contributed by atoms with Crippen LogP contribution in [0.4, 0.5) is 5.69 Å². The molecule has 0 radical (unpaired) electrons. The fourth-order valence-electron chi connectivity index (χ4n) is 2.08. The summed E-state index contributed by atoms with van der Waals surface area (Å²) in [5.41, 5.74) is 0.438. The maximum absolute atomic E-state index is 11.9. The summed E-state index contributed by atoms with van der Waals surface area (Å²) < 4.78 is 7.21. The first-order valence-corrected chi connectivity index (χ1v) is 7.23. The molecule has 106 valence electrons. The van der Waals surface area contributed by atoms with Crippen molar-refractivity contribution < 1.29 is 9.84 Å². The van der Waals surface area contributed by atoms with Crippen LogP contribution in [-0.4, -0.2) is 40.7 Å². The van der Waals surface area contributed by atoms with E-state index in [1.165, 1.54) is 4.68 Å². The zero-order chi connectivity index (χ0) is 13.7. The summed E-state index contributed by atoms with van der Waals surface area (Å²) in [7, 11) is 0. The largest absolute Gasteiger partial charge is 0.394 e. The van der Waals surface area contributed by atoms with Gasteiger partial charge in [0.05, 0.1) is 31.1 Å². The van der Waals surface area contributed by atoms with Crippen molar-refractivity contribution in [3.8, 4) is 0 Å². The van der Waals surface area contributed by atoms with Crippen LogP contribution >= 0.6 is 15.9 Å². The van der Waals surface area contributed by atoms with Crippen LogP contribution in [0, 0.1) is 0 Å². The van der Waals surface area contributed by atoms with Gasteiger partial charge < -0.3 is 15.2 Å². The van der Waals surface area contributed by atoms with Crippen molar-refractivity contribution in [1.29, 1.82) is 0 Å². The molecule has 0 spiro atoms. The number of rotatable bonds is 6. The van der Waals surface area contributed by atoms with Crippen molar-refractivity contribution in [1.82, 2.24) is 9.78 Å². The molecule has 2 N–H and O–H groups in total. The fourth-order valence-corrected chi connectivity index (χ4v) is 2.53. The normalized spacial score (nSPS) is 18.7. The minimum Gasteiger partial charge on any atom is -0.394 e. The first-order chi connectivity index (χ1) is 9.22. The Labute approximate surface area is 119 Å². The van der Waals surface area contributed by atoms with Crippen molar-refractivity contribution >= 4 is 21.6 Å². The molecule has 0 amide bonds. The topological polar surface area (TPSA) is 76.4 Å². The van der Waals surface area contributed by atoms with Crippen LogP contribution in [0.25, 0.3) is 0 Å². The molecule has 0 aromatic carbocycles. The van der Waals surface area contributed by atoms with Gasteiger partial charge in [0.15, 0.2) is 0 Å². The van der Waals surface area contributed by atoms with Gasteiger partial charge in [-0.3, -0.25) is 4.79 Å². The van der Waals surface area contributed by atoms with Crippen LogP contribution in [0.3, 0.4) is 0 Å². The summed E-state index contributed by atoms with van der Waals surface area (Å²) in [5.74, 6) is 0. The Bertz CT molecular complexity index is 472. The van der Waals surface area contributed by atoms with E-state index < -0.39 is 0 Å². The molecule has 1 aliphatic rings. The van der Waals surface area contributed by atoms with Gasteiger partial charge in [-0.05, 0) is 35.2 Å². The van der Waals surface area contributed by atoms with E-state index in [-0.39, 0.29) is 18.7 Å². The minimum atomic E-state index is -0.240. The predicted molar refractivity (Wildman–Crippen MR) is 75.4 cm³/mol. The van der Waals surface area contributed by atoms with Crippen LogP contribution in [0.15, 0.2) is 15.5 Å². The van der Waals surface area contributed by atoms with Gasteiger partial charge in [-0.2, -0.15) is 5.10 Å². The van der Waals surface area contributed by atoms with Gasteiger partial charge in [0.1, 0.15) is 4.47 Å². The van der Waals surface area contributed by atoms with Crippen LogP contribution < -0.4 is 10.9 Å². The summed E-state index contributed by atoms with van der Waals surface area (Å²) in [4.78, 5) is 11.9. The van der Waals surface area contributed by atoms with Gasteiger partial charge in [0, 0.05) is 13.2 Å². The van der Waals surface area contributed by atoms with Gasteiger partial charge >= 0.3 is 0 Å². The molecule has 2 heterocycles. The van der Waals surface area contributed by atoms with Crippen LogP contribution in [0.1, 0.15) is 19.3 Å². The lowest BCUT2D eigenvalue weighted by Crippen LogP contribution is -2.26. The second-order valence-electron chi connectivity index (χ2n) is 4.47. The monoisotopic (exact) mass is 331 g/mol. The maximum atomic E-state index is 11.9. The smallest absolute Gasteiger partial charge is 0.283 e. The highest BCUT2D eigenvalue weighted by atomic mass is 79.9. The van der Waals surface area contributed by atoms with Crippen LogP contribution in [0.2, 0.25) is 0 Å². The molecule has 1 aromatic rings. The van der Waals surface area contributed by atoms with Crippen LogP contribution in [0.5, 0.6) is 0 Å². The molecule has 1 saturated heterocycles. The lowest BCUT2D eigenvalue weighted by molar-refractivity contribution is 0.107. The second-order valence-corrected chi connectivity index (χ2v) is 5.27. The highest BCUT2D eigenvalue weighted by molar-refractivity contribution is 9.10. The SMILES string of the molecule is O=c1c(Br)c(NCCC2CCCO2)cnn1CCO. The van der Waals surface area contributed by atoms with Crippen molar-refractivity contribution in [3.63, 3.8) is 0 Å². The van der Waals surface area contributed by atoms with Gasteiger partial charge in [-0.1, -0.05) is 0 Å². The third-order valence-corrected chi connectivity index (χ3v) is 3.87. The van der Waals surface area contributed by atoms with E-state index in [0.717, 1.165) is 32.4 Å². The lowest BCUT2D eigenvalue weighted by atomic mass is 10.2. The summed E-state index contributed by atoms with van der Waals surface area (Å²) >= 11 is 3.27. The molecule has 7 heteroatoms. The van der Waals surface area contributed by atoms with Crippen molar-refractivity contribution in [2.45, 2.75) is 31.9 Å². The third-order valence-electron chi connectivity index (χ3n) is 3.10. The number of aliphatic hydroxyl groups excluding tert-OH is 1. The van der Waals surface area contributed by atoms with E-state index in [1.54, 1.807) is 6.20 Å². The third kappa shape index (κ3) is 3.77. The van der Waals surface area contributed by atoms with E-state index in [9.17, 15) is 4.79 Å². The summed E-state index contributed by atoms with van der Waals surface area (Å²) in [6.07, 6.45) is 5.09. The Morgan fingerprint density at radius 3 is 3.16 bits per heavy atom. The molecule has 0 aliphatic carbocycles. The molecule has 1 aliphatic heterocycles. The Morgan fingerprint density at radius 1 is 1.63 bits per heavy atom. The van der Waals surface area contributed by atoms with Crippen molar-refractivity contribution in [2.24, 2.45) is 0 Å². The minimum absolute atomic E-state index is 0.106. The number of aromatic nitrogens is 2. The zero-order valence-corrected chi connectivity index (χ0v) is 12.2. The average Bonchev–Trinajstić information content (AvgIpc) is 2.91. The number of nitrogens with one attached hydrogen (secondary N) is 1. The van der Waals surface area contributed by atoms with Gasteiger partial charge in [0.2, 0.25) is 0 Å². The molecule has 2 rings (SSSR count). The quantitative estimate of drug-likeness (QED) is 0.812. The highest BCUT2D eigenvalue weighted by Crippen LogP contribution is 2.18. The molecular formula is C12H18BrN3O3. The van der Waals surface area contributed by atoms with Gasteiger partial charge in [-0.25, -0.2) is 4.68 Å². The lowest BCUT2D eigenvalue weighted by Gasteiger charge is -2.12. The van der Waals surface area contributed by atoms with Crippen molar-refractivity contribution in [3.05, 3.63) is 21.0 Å². The predicted octanol–water partition coefficient (Wildman–Crippen LogP) is 0.979. The summed E-state index contributed by atoms with van der Waals surface area (Å²) in [6, 6.07) is 0. The molecule has 0 bridgehead atoms. The number of anilines is 1. The van der Waals surface area contributed by atoms with E-state index in [4.69, 9.17) is 9.84 Å². The van der Waals surface area contributed by atoms with Crippen molar-refractivity contribution in [2.75, 3.05) is 25.1 Å². The molecule has 19 heavy (non-hydrogen) atoms. The molecule has 0 saturated carbocycles. The number of nitrogens with zero attached hydrogens (tertiary/aromatic N) is 2. The van der Waals surface area contributed by atoms with E-state index in [1.807, 2.05) is 0 Å². The zero-order valence-electron chi connectivity index (χ0n) is 10.6. The first-order valence-electron chi connectivity index (χ1n) is 6.44. The standard InChI is InChI=1S/C12H18BrN3O3/c13-11-10(8-15-16(5-6-17)12(11)18)14-4-3-9-2-1-7-19-9/h8-9,14,17H,1-7H2. The average molecular weight is 332 g/mol. The Kier molecular flexibility index (Phi) is 5.35. The Balaban J connectivity index is 1.92. The number of hydrogen-bond donors (Lipinski definition) is 2. The van der Waals surface area contributed by atoms with E-state index in [0.29, 0.717) is 16.3 Å². The Morgan fingerprint density at radius 2 is 2.47 bits per heavy atom. The Hall–Kier alpha value is -0.920. The molecule has 6 nitrogen and oxygen atoms in total. The summed E-state index contributed by atoms with van der Waals surface area (Å²) in [6.45, 7) is 1.69. The van der Waals surface area contributed by atoms with E-state index in [2.05, 4.69) is 26.3 Å². The second kappa shape index (κ2) is 7.02. The van der Waals surface area contributed by atoms with E-state index >= 15 is 0 Å². The number of halogens is 1. The van der Waals surface area contributed by atoms with Gasteiger partial charge in [0.25, 0.3) is 5.56 Å². The number of aliphatic hydroxyl groups is 1. The maximum Gasteiger partial charge on any atom is 0.283 e. The molecule has 1 unspecified atom stereocenters. The number of ether oxygens (including phenoxy) is 1. The molecular weight excluding hydrogens is 314 g/mol.